The molecular weight excluding hydrogens is 266 g/mol. The number of carboxylic acid groups (broad SMARTS) is 1. The Hall–Kier alpha value is -1.55. The van der Waals surface area contributed by atoms with Gasteiger partial charge in [-0.15, -0.1) is 0 Å². The van der Waals surface area contributed by atoms with Crippen LogP contribution in [0.25, 0.3) is 0 Å². The van der Waals surface area contributed by atoms with Crippen molar-refractivity contribution in [3.63, 3.8) is 0 Å². The van der Waals surface area contributed by atoms with Crippen molar-refractivity contribution < 1.29 is 14.6 Å². The van der Waals surface area contributed by atoms with Gasteiger partial charge in [-0.1, -0.05) is 6.07 Å². The third kappa shape index (κ3) is 5.05. The Labute approximate surface area is 126 Å². The molecule has 0 heterocycles. The average Bonchev–Trinajstić information content (AvgIpc) is 2.64. The van der Waals surface area contributed by atoms with Crippen molar-refractivity contribution in [1.29, 1.82) is 0 Å². The van der Waals surface area contributed by atoms with E-state index in [1.54, 1.807) is 0 Å². The van der Waals surface area contributed by atoms with Crippen molar-refractivity contribution in [2.24, 2.45) is 11.7 Å². The largest absolute Gasteiger partial charge is 0.494 e. The first-order valence-electron chi connectivity index (χ1n) is 7.85. The van der Waals surface area contributed by atoms with Gasteiger partial charge in [0.25, 0.3) is 0 Å². The molecule has 116 valence electrons. The van der Waals surface area contributed by atoms with Gasteiger partial charge in [-0.2, -0.15) is 0 Å². The van der Waals surface area contributed by atoms with Crippen LogP contribution in [-0.4, -0.2) is 24.2 Å². The van der Waals surface area contributed by atoms with Crippen LogP contribution in [0.5, 0.6) is 5.75 Å². The smallest absolute Gasteiger partial charge is 0.303 e. The fraction of sp³-hybridized carbons (Fsp3) is 0.588. The molecule has 0 aliphatic heterocycles. The lowest BCUT2D eigenvalue weighted by Gasteiger charge is -2.13. The van der Waals surface area contributed by atoms with Crippen molar-refractivity contribution in [3.05, 3.63) is 29.3 Å². The number of rotatable bonds is 7. The maximum atomic E-state index is 10.9. The highest BCUT2D eigenvalue weighted by atomic mass is 16.5. The Morgan fingerprint density at radius 3 is 2.95 bits per heavy atom. The fourth-order valence-electron chi connectivity index (χ4n) is 2.98. The third-order valence-electron chi connectivity index (χ3n) is 4.08. The molecule has 0 saturated heterocycles. The summed E-state index contributed by atoms with van der Waals surface area (Å²) in [4.78, 5) is 10.9. The lowest BCUT2D eigenvalue weighted by Crippen LogP contribution is -2.09. The minimum atomic E-state index is -0.691. The lowest BCUT2D eigenvalue weighted by molar-refractivity contribution is -0.138. The number of benzene rings is 1. The van der Waals surface area contributed by atoms with Crippen molar-refractivity contribution in [2.45, 2.75) is 44.9 Å². The molecule has 21 heavy (non-hydrogen) atoms. The predicted molar refractivity (Wildman–Crippen MR) is 82.6 cm³/mol. The van der Waals surface area contributed by atoms with E-state index in [1.807, 2.05) is 6.07 Å². The molecule has 0 amide bonds. The molecule has 4 heteroatoms. The van der Waals surface area contributed by atoms with Gasteiger partial charge in [0.15, 0.2) is 0 Å². The molecule has 0 aromatic heterocycles. The van der Waals surface area contributed by atoms with Crippen LogP contribution in [0, 0.1) is 5.92 Å². The van der Waals surface area contributed by atoms with E-state index in [4.69, 9.17) is 15.6 Å². The van der Waals surface area contributed by atoms with E-state index in [2.05, 4.69) is 12.1 Å². The van der Waals surface area contributed by atoms with E-state index in [0.717, 1.165) is 44.3 Å². The predicted octanol–water partition coefficient (Wildman–Crippen LogP) is 2.77. The molecule has 1 atom stereocenters. The first kappa shape index (κ1) is 15.8. The summed E-state index contributed by atoms with van der Waals surface area (Å²) in [7, 11) is 0. The normalized spacial score (nSPS) is 17.9. The maximum Gasteiger partial charge on any atom is 0.303 e. The van der Waals surface area contributed by atoms with Crippen LogP contribution in [0.1, 0.15) is 43.2 Å². The van der Waals surface area contributed by atoms with Gasteiger partial charge in [0, 0.05) is 6.42 Å². The Balaban J connectivity index is 1.97. The monoisotopic (exact) mass is 291 g/mol. The number of carbonyl (C=O) groups is 1. The Kier molecular flexibility index (Phi) is 6.05. The first-order chi connectivity index (χ1) is 10.2. The van der Waals surface area contributed by atoms with Gasteiger partial charge >= 0.3 is 5.97 Å². The number of ether oxygens (including phenoxy) is 1. The van der Waals surface area contributed by atoms with Crippen LogP contribution in [0.3, 0.4) is 0 Å². The van der Waals surface area contributed by atoms with Gasteiger partial charge in [0.1, 0.15) is 5.75 Å². The quantitative estimate of drug-likeness (QED) is 0.598. The summed E-state index contributed by atoms with van der Waals surface area (Å²) in [6, 6.07) is 6.24. The SMILES string of the molecule is NCCCCOc1ccc2c(c1)CCCC(CC(=O)O)C2. The maximum absolute atomic E-state index is 10.9. The fourth-order valence-corrected chi connectivity index (χ4v) is 2.98. The molecule has 1 aromatic carbocycles. The number of unbranched alkanes of at least 4 members (excludes halogenated alkanes) is 1. The molecule has 0 radical (unpaired) electrons. The molecule has 1 unspecified atom stereocenters. The van der Waals surface area contributed by atoms with Gasteiger partial charge in [-0.05, 0) is 74.2 Å². The summed E-state index contributed by atoms with van der Waals surface area (Å²) in [6.45, 7) is 1.41. The van der Waals surface area contributed by atoms with Crippen LogP contribution in [0.4, 0.5) is 0 Å². The van der Waals surface area contributed by atoms with Crippen LogP contribution in [-0.2, 0) is 17.6 Å². The van der Waals surface area contributed by atoms with Crippen molar-refractivity contribution in [1.82, 2.24) is 0 Å². The molecule has 4 nitrogen and oxygen atoms in total. The van der Waals surface area contributed by atoms with Gasteiger partial charge in [-0.25, -0.2) is 0 Å². The van der Waals surface area contributed by atoms with Gasteiger partial charge in [-0.3, -0.25) is 4.79 Å². The highest BCUT2D eigenvalue weighted by molar-refractivity contribution is 5.67. The number of nitrogens with two attached hydrogens (primary N) is 1. The number of hydrogen-bond acceptors (Lipinski definition) is 3. The zero-order chi connectivity index (χ0) is 15.1. The van der Waals surface area contributed by atoms with E-state index in [9.17, 15) is 4.79 Å². The van der Waals surface area contributed by atoms with Crippen molar-refractivity contribution in [2.75, 3.05) is 13.2 Å². The van der Waals surface area contributed by atoms with Crippen molar-refractivity contribution >= 4 is 5.97 Å². The van der Waals surface area contributed by atoms with Gasteiger partial charge < -0.3 is 15.6 Å². The molecule has 3 N–H and O–H groups in total. The van der Waals surface area contributed by atoms with E-state index >= 15 is 0 Å². The molecular formula is C17H25NO3. The minimum absolute atomic E-state index is 0.264. The second-order valence-electron chi connectivity index (χ2n) is 5.84. The molecule has 1 aliphatic rings. The van der Waals surface area contributed by atoms with E-state index < -0.39 is 5.97 Å². The average molecular weight is 291 g/mol. The van der Waals surface area contributed by atoms with Gasteiger partial charge in [0.05, 0.1) is 6.61 Å². The van der Waals surface area contributed by atoms with Crippen molar-refractivity contribution in [3.8, 4) is 5.75 Å². The number of carboxylic acids is 1. The highest BCUT2D eigenvalue weighted by Crippen LogP contribution is 2.29. The summed E-state index contributed by atoms with van der Waals surface area (Å²) in [6.07, 6.45) is 6.18. The summed E-state index contributed by atoms with van der Waals surface area (Å²) in [5, 5.41) is 8.96. The lowest BCUT2D eigenvalue weighted by atomic mass is 9.94. The minimum Gasteiger partial charge on any atom is -0.494 e. The summed E-state index contributed by atoms with van der Waals surface area (Å²) in [5.41, 5.74) is 8.07. The number of aryl methyl sites for hydroxylation is 1. The number of fused-ring (bicyclic) bond motifs is 1. The Morgan fingerprint density at radius 2 is 2.19 bits per heavy atom. The van der Waals surface area contributed by atoms with Crippen LogP contribution in [0.2, 0.25) is 0 Å². The Bertz CT molecular complexity index is 473. The summed E-state index contributed by atoms with van der Waals surface area (Å²) >= 11 is 0. The summed E-state index contributed by atoms with van der Waals surface area (Å²) in [5.74, 6) is 0.492. The third-order valence-corrected chi connectivity index (χ3v) is 4.08. The molecule has 0 bridgehead atoms. The van der Waals surface area contributed by atoms with E-state index in [-0.39, 0.29) is 12.3 Å². The molecule has 0 spiro atoms. The zero-order valence-electron chi connectivity index (χ0n) is 12.5. The summed E-state index contributed by atoms with van der Waals surface area (Å²) < 4.78 is 5.76. The molecule has 0 saturated carbocycles. The number of aliphatic carboxylic acids is 1. The topological polar surface area (TPSA) is 72.5 Å². The van der Waals surface area contributed by atoms with Crippen LogP contribution >= 0.6 is 0 Å². The highest BCUT2D eigenvalue weighted by Gasteiger charge is 2.19. The standard InChI is InChI=1S/C17H25NO3/c18-8-1-2-9-21-16-7-6-15-10-13(11-17(19)20)4-3-5-14(15)12-16/h6-7,12-13H,1-5,8-11,18H2,(H,19,20). The van der Waals surface area contributed by atoms with Crippen LogP contribution in [0.15, 0.2) is 18.2 Å². The van der Waals surface area contributed by atoms with E-state index in [0.29, 0.717) is 13.2 Å². The second-order valence-corrected chi connectivity index (χ2v) is 5.84. The zero-order valence-corrected chi connectivity index (χ0v) is 12.5. The molecule has 0 fully saturated rings. The van der Waals surface area contributed by atoms with E-state index in [1.165, 1.54) is 11.1 Å². The molecule has 1 aromatic rings. The molecule has 2 rings (SSSR count). The molecule has 1 aliphatic carbocycles. The van der Waals surface area contributed by atoms with Gasteiger partial charge in [0.2, 0.25) is 0 Å². The Morgan fingerprint density at radius 1 is 1.33 bits per heavy atom. The van der Waals surface area contributed by atoms with Crippen LogP contribution < -0.4 is 10.5 Å². The first-order valence-corrected chi connectivity index (χ1v) is 7.85. The number of hydrogen-bond donors (Lipinski definition) is 2. The second kappa shape index (κ2) is 8.03.